The van der Waals surface area contributed by atoms with Crippen LogP contribution in [0, 0.1) is 6.92 Å². The van der Waals surface area contributed by atoms with Crippen molar-refractivity contribution in [2.45, 2.75) is 6.92 Å². The van der Waals surface area contributed by atoms with E-state index >= 15 is 0 Å². The zero-order valence-corrected chi connectivity index (χ0v) is 8.86. The minimum absolute atomic E-state index is 0.0102. The molecule has 0 radical (unpaired) electrons. The topological polar surface area (TPSA) is 30.2 Å². The van der Waals surface area contributed by atoms with Gasteiger partial charge in [-0.2, -0.15) is 0 Å². The van der Waals surface area contributed by atoms with E-state index in [2.05, 4.69) is 6.07 Å². The Kier molecular flexibility index (Phi) is 1.83. The quantitative estimate of drug-likeness (QED) is 0.533. The number of hydrogen-bond donors (Lipinski definition) is 0. The third kappa shape index (κ3) is 1.31. The Hall–Kier alpha value is -2.09. The molecule has 16 heavy (non-hydrogen) atoms. The van der Waals surface area contributed by atoms with Crippen LogP contribution in [0.15, 0.2) is 51.7 Å². The van der Waals surface area contributed by atoms with Gasteiger partial charge >= 0.3 is 0 Å². The number of fused-ring (bicyclic) bond motifs is 2. The zero-order valence-electron chi connectivity index (χ0n) is 8.86. The fourth-order valence-electron chi connectivity index (χ4n) is 1.97. The molecule has 0 spiro atoms. The lowest BCUT2D eigenvalue weighted by Crippen LogP contribution is -2.00. The molecule has 3 rings (SSSR count). The Morgan fingerprint density at radius 2 is 1.88 bits per heavy atom. The monoisotopic (exact) mass is 210 g/mol. The van der Waals surface area contributed by atoms with Gasteiger partial charge in [-0.15, -0.1) is 0 Å². The molecule has 1 aliphatic heterocycles. The van der Waals surface area contributed by atoms with Gasteiger partial charge in [-0.1, -0.05) is 18.2 Å². The van der Waals surface area contributed by atoms with Gasteiger partial charge in [0.2, 0.25) is 0 Å². The molecule has 0 bridgehead atoms. The summed E-state index contributed by atoms with van der Waals surface area (Å²) in [6.45, 7) is 1.92. The molecule has 2 nitrogen and oxygen atoms in total. The maximum absolute atomic E-state index is 11.4. The molecule has 2 aliphatic rings. The second kappa shape index (κ2) is 3.20. The maximum atomic E-state index is 11.4. The van der Waals surface area contributed by atoms with Crippen LogP contribution in [-0.4, -0.2) is 0 Å². The van der Waals surface area contributed by atoms with Crippen molar-refractivity contribution < 1.29 is 4.42 Å². The smallest absolute Gasteiger partial charge is 0.182 e. The second-order valence-corrected chi connectivity index (χ2v) is 3.94. The van der Waals surface area contributed by atoms with Crippen molar-refractivity contribution in [3.8, 4) is 11.3 Å². The predicted octanol–water partition coefficient (Wildman–Crippen LogP) is 3.21. The fraction of sp³-hybridized carbons (Fsp3) is 0.0714. The molecule has 0 N–H and O–H groups in total. The molecule has 2 heteroatoms. The summed E-state index contributed by atoms with van der Waals surface area (Å²) in [7, 11) is 0. The van der Waals surface area contributed by atoms with Crippen LogP contribution in [0.5, 0.6) is 0 Å². The van der Waals surface area contributed by atoms with Gasteiger partial charge in [0, 0.05) is 17.0 Å². The van der Waals surface area contributed by atoms with Crippen molar-refractivity contribution in [2.75, 3.05) is 0 Å². The van der Waals surface area contributed by atoms with Crippen molar-refractivity contribution in [3.05, 3.63) is 58.3 Å². The molecule has 1 heterocycles. The van der Waals surface area contributed by atoms with E-state index in [0.717, 1.165) is 22.1 Å². The molecule has 0 fully saturated rings. The number of benzene rings is 2. The largest absolute Gasteiger partial charge is 0.456 e. The van der Waals surface area contributed by atoms with Crippen LogP contribution < -0.4 is 5.43 Å². The highest BCUT2D eigenvalue weighted by atomic mass is 16.3. The van der Waals surface area contributed by atoms with Crippen LogP contribution in [0.3, 0.4) is 0 Å². The lowest BCUT2D eigenvalue weighted by molar-refractivity contribution is 0.618. The Morgan fingerprint density at radius 3 is 2.75 bits per heavy atom. The lowest BCUT2D eigenvalue weighted by Gasteiger charge is -2.08. The first kappa shape index (κ1) is 9.16. The normalized spacial score (nSPS) is 11.1. The first-order valence-corrected chi connectivity index (χ1v) is 5.17. The van der Waals surface area contributed by atoms with Crippen molar-refractivity contribution in [1.82, 2.24) is 0 Å². The highest BCUT2D eigenvalue weighted by Gasteiger charge is 2.10. The Balaban J connectivity index is 2.52. The highest BCUT2D eigenvalue weighted by molar-refractivity contribution is 5.83. The molecule has 1 aromatic carbocycles. The molecule has 1 aliphatic carbocycles. The molecule has 0 saturated carbocycles. The van der Waals surface area contributed by atoms with E-state index in [4.69, 9.17) is 4.42 Å². The summed E-state index contributed by atoms with van der Waals surface area (Å²) in [4.78, 5) is 11.4. The van der Waals surface area contributed by atoms with Crippen LogP contribution in [0.2, 0.25) is 0 Å². The third-order valence-electron chi connectivity index (χ3n) is 2.76. The van der Waals surface area contributed by atoms with Gasteiger partial charge < -0.3 is 4.42 Å². The zero-order chi connectivity index (χ0) is 11.1. The lowest BCUT2D eigenvalue weighted by atomic mass is 10.0. The summed E-state index contributed by atoms with van der Waals surface area (Å²) >= 11 is 0. The summed E-state index contributed by atoms with van der Waals surface area (Å²) in [5, 5.41) is 1.05. The minimum atomic E-state index is -0.0102. The molecule has 0 aromatic heterocycles. The van der Waals surface area contributed by atoms with Crippen LogP contribution in [0.4, 0.5) is 0 Å². The number of hydrogen-bond acceptors (Lipinski definition) is 2. The molecular formula is C14H10O2. The maximum Gasteiger partial charge on any atom is 0.182 e. The van der Waals surface area contributed by atoms with Crippen molar-refractivity contribution >= 4 is 11.0 Å². The van der Waals surface area contributed by atoms with Crippen LogP contribution in [0.1, 0.15) is 5.56 Å². The summed E-state index contributed by atoms with van der Waals surface area (Å²) < 4.78 is 5.71. The number of para-hydroxylation sites is 1. The van der Waals surface area contributed by atoms with E-state index in [9.17, 15) is 4.79 Å². The van der Waals surface area contributed by atoms with E-state index < -0.39 is 0 Å². The van der Waals surface area contributed by atoms with Gasteiger partial charge in [-0.05, 0) is 30.7 Å². The van der Waals surface area contributed by atoms with E-state index in [-0.39, 0.29) is 5.43 Å². The molecule has 0 unspecified atom stereocenters. The van der Waals surface area contributed by atoms with E-state index in [1.807, 2.05) is 31.2 Å². The van der Waals surface area contributed by atoms with Gasteiger partial charge in [0.05, 0.1) is 0 Å². The number of rotatable bonds is 0. The average molecular weight is 210 g/mol. The summed E-state index contributed by atoms with van der Waals surface area (Å²) in [6.07, 6.45) is 0. The van der Waals surface area contributed by atoms with Gasteiger partial charge in [0.25, 0.3) is 0 Å². The van der Waals surface area contributed by atoms with Gasteiger partial charge in [0.1, 0.15) is 11.3 Å². The molecule has 0 atom stereocenters. The molecule has 78 valence electrons. The van der Waals surface area contributed by atoms with Gasteiger partial charge in [-0.25, -0.2) is 0 Å². The first-order chi connectivity index (χ1) is 7.74. The first-order valence-electron chi connectivity index (χ1n) is 5.17. The predicted molar refractivity (Wildman–Crippen MR) is 63.8 cm³/mol. The van der Waals surface area contributed by atoms with Crippen molar-refractivity contribution in [2.24, 2.45) is 0 Å². The van der Waals surface area contributed by atoms with E-state index in [0.29, 0.717) is 5.76 Å². The fourth-order valence-corrected chi connectivity index (χ4v) is 1.97. The Morgan fingerprint density at radius 1 is 1.06 bits per heavy atom. The third-order valence-corrected chi connectivity index (χ3v) is 2.76. The molecular weight excluding hydrogens is 200 g/mol. The second-order valence-electron chi connectivity index (χ2n) is 3.94. The SMILES string of the molecule is Cc1cc(=O)cc2oc3ccccc3cc1-2. The standard InChI is InChI=1S/C14H10O2/c1-9-6-11(15)8-14-12(9)7-10-4-2-3-5-13(10)16-14/h2-8H,1H3. The molecule has 1 aromatic rings. The summed E-state index contributed by atoms with van der Waals surface area (Å²) in [5.74, 6) is 0.656. The van der Waals surface area contributed by atoms with Crippen LogP contribution in [-0.2, 0) is 0 Å². The van der Waals surface area contributed by atoms with E-state index in [1.54, 1.807) is 6.07 Å². The van der Waals surface area contributed by atoms with Crippen LogP contribution in [0.25, 0.3) is 22.3 Å². The number of aryl methyl sites for hydroxylation is 1. The van der Waals surface area contributed by atoms with Gasteiger partial charge in [-0.3, -0.25) is 4.79 Å². The van der Waals surface area contributed by atoms with Crippen molar-refractivity contribution in [1.29, 1.82) is 0 Å². The Labute approximate surface area is 92.5 Å². The highest BCUT2D eigenvalue weighted by Crippen LogP contribution is 2.28. The average Bonchev–Trinajstić information content (AvgIpc) is 2.27. The summed E-state index contributed by atoms with van der Waals surface area (Å²) in [5.41, 5.74) is 2.75. The van der Waals surface area contributed by atoms with Gasteiger partial charge in [0.15, 0.2) is 5.43 Å². The van der Waals surface area contributed by atoms with Crippen LogP contribution >= 0.6 is 0 Å². The van der Waals surface area contributed by atoms with Crippen molar-refractivity contribution in [3.63, 3.8) is 0 Å². The summed E-state index contributed by atoms with van der Waals surface area (Å²) in [6, 6.07) is 13.0. The molecule has 0 saturated heterocycles. The molecule has 0 amide bonds. The van der Waals surface area contributed by atoms with E-state index in [1.165, 1.54) is 6.07 Å². The Bertz CT molecular complexity index is 695. The minimum Gasteiger partial charge on any atom is -0.456 e.